The number of benzene rings is 1. The molecule has 1 aliphatic heterocycles. The van der Waals surface area contributed by atoms with E-state index in [1.165, 1.54) is 5.56 Å². The Kier molecular flexibility index (Phi) is 2.54. The van der Waals surface area contributed by atoms with Crippen LogP contribution in [0, 0.1) is 0 Å². The molecule has 0 saturated heterocycles. The first-order valence-corrected chi connectivity index (χ1v) is 4.82. The Balaban J connectivity index is 2.43. The summed E-state index contributed by atoms with van der Waals surface area (Å²) in [6.45, 7) is 1.54. The third-order valence-corrected chi connectivity index (χ3v) is 2.61. The van der Waals surface area contributed by atoms with E-state index in [-0.39, 0.29) is 0 Å². The summed E-state index contributed by atoms with van der Waals surface area (Å²) in [5, 5.41) is 13.6. The number of fused-ring (bicyclic) bond motifs is 1. The molecule has 0 bridgehead atoms. The monoisotopic (exact) mass is 197 g/mol. The lowest BCUT2D eigenvalue weighted by atomic mass is 10.0. The Labute approximate surface area is 82.5 Å². The number of nitrogens with one attached hydrogen (secondary N) is 1. The van der Waals surface area contributed by atoms with Crippen molar-refractivity contribution < 1.29 is 5.11 Å². The summed E-state index contributed by atoms with van der Waals surface area (Å²) in [5.41, 5.74) is 2.17. The first-order chi connectivity index (χ1) is 6.27. The fourth-order valence-electron chi connectivity index (χ4n) is 1.68. The average molecular weight is 198 g/mol. The number of aliphatic hydroxyl groups is 1. The first kappa shape index (κ1) is 9.00. The fourth-order valence-corrected chi connectivity index (χ4v) is 1.86. The maximum absolute atomic E-state index is 9.74. The van der Waals surface area contributed by atoms with Crippen molar-refractivity contribution in [2.24, 2.45) is 0 Å². The van der Waals surface area contributed by atoms with Gasteiger partial charge in [-0.05, 0) is 36.2 Å². The predicted molar refractivity (Wildman–Crippen MR) is 53.0 cm³/mol. The van der Waals surface area contributed by atoms with Crippen molar-refractivity contribution >= 4 is 11.6 Å². The van der Waals surface area contributed by atoms with E-state index in [2.05, 4.69) is 5.32 Å². The van der Waals surface area contributed by atoms with E-state index in [1.807, 2.05) is 18.2 Å². The van der Waals surface area contributed by atoms with Crippen LogP contribution in [0.3, 0.4) is 0 Å². The highest BCUT2D eigenvalue weighted by atomic mass is 35.5. The van der Waals surface area contributed by atoms with Crippen LogP contribution in [0.5, 0.6) is 0 Å². The maximum Gasteiger partial charge on any atom is 0.0917 e. The van der Waals surface area contributed by atoms with Gasteiger partial charge in [0.25, 0.3) is 0 Å². The van der Waals surface area contributed by atoms with Gasteiger partial charge in [-0.25, -0.2) is 0 Å². The number of hydrogen-bond acceptors (Lipinski definition) is 2. The van der Waals surface area contributed by atoms with Crippen LogP contribution in [-0.2, 0) is 6.42 Å². The van der Waals surface area contributed by atoms with Crippen molar-refractivity contribution in [2.45, 2.75) is 12.5 Å². The molecule has 1 aromatic rings. The van der Waals surface area contributed by atoms with Gasteiger partial charge in [-0.1, -0.05) is 17.7 Å². The Morgan fingerprint density at radius 2 is 2.31 bits per heavy atom. The van der Waals surface area contributed by atoms with Crippen LogP contribution >= 0.6 is 11.6 Å². The zero-order chi connectivity index (χ0) is 9.26. The highest BCUT2D eigenvalue weighted by Gasteiger charge is 2.15. The summed E-state index contributed by atoms with van der Waals surface area (Å²) in [4.78, 5) is 0. The molecule has 1 unspecified atom stereocenters. The highest BCUT2D eigenvalue weighted by Crippen LogP contribution is 2.23. The Hall–Kier alpha value is -0.570. The van der Waals surface area contributed by atoms with Crippen molar-refractivity contribution in [3.8, 4) is 0 Å². The zero-order valence-electron chi connectivity index (χ0n) is 7.26. The molecule has 2 N–H and O–H groups in total. The zero-order valence-corrected chi connectivity index (χ0v) is 8.01. The summed E-state index contributed by atoms with van der Waals surface area (Å²) < 4.78 is 0. The lowest BCUT2D eigenvalue weighted by Gasteiger charge is -2.10. The third kappa shape index (κ3) is 1.85. The third-order valence-electron chi connectivity index (χ3n) is 2.38. The lowest BCUT2D eigenvalue weighted by molar-refractivity contribution is 0.178. The molecule has 1 aliphatic rings. The molecule has 0 saturated carbocycles. The number of β-amino-alcohol motifs (C(OH)–C–C–N with tert-alkyl or cyclic N) is 1. The Morgan fingerprint density at radius 3 is 3.15 bits per heavy atom. The van der Waals surface area contributed by atoms with E-state index < -0.39 is 6.10 Å². The summed E-state index contributed by atoms with van der Waals surface area (Å²) >= 11 is 5.86. The van der Waals surface area contributed by atoms with Crippen LogP contribution in [0.15, 0.2) is 18.2 Å². The van der Waals surface area contributed by atoms with Crippen LogP contribution in [0.1, 0.15) is 17.2 Å². The largest absolute Gasteiger partial charge is 0.387 e. The quantitative estimate of drug-likeness (QED) is 0.661. The van der Waals surface area contributed by atoms with Gasteiger partial charge in [0.15, 0.2) is 0 Å². The second-order valence-electron chi connectivity index (χ2n) is 3.31. The molecule has 0 fully saturated rings. The molecule has 0 radical (unpaired) electrons. The fraction of sp³-hybridized carbons (Fsp3) is 0.400. The molecule has 3 heteroatoms. The number of halogens is 1. The van der Waals surface area contributed by atoms with Gasteiger partial charge in [-0.15, -0.1) is 0 Å². The molecular formula is C10H12ClNO. The van der Waals surface area contributed by atoms with Gasteiger partial charge < -0.3 is 10.4 Å². The van der Waals surface area contributed by atoms with E-state index in [4.69, 9.17) is 11.6 Å². The second-order valence-corrected chi connectivity index (χ2v) is 3.75. The van der Waals surface area contributed by atoms with Crippen LogP contribution in [-0.4, -0.2) is 18.2 Å². The molecule has 13 heavy (non-hydrogen) atoms. The van der Waals surface area contributed by atoms with Gasteiger partial charge in [-0.2, -0.15) is 0 Å². The van der Waals surface area contributed by atoms with E-state index in [0.29, 0.717) is 11.6 Å². The molecule has 0 amide bonds. The van der Waals surface area contributed by atoms with Gasteiger partial charge in [-0.3, -0.25) is 0 Å². The van der Waals surface area contributed by atoms with Crippen molar-refractivity contribution in [2.75, 3.05) is 13.1 Å². The summed E-state index contributed by atoms with van der Waals surface area (Å²) in [6, 6.07) is 5.72. The molecule has 2 nitrogen and oxygen atoms in total. The van der Waals surface area contributed by atoms with E-state index >= 15 is 0 Å². The van der Waals surface area contributed by atoms with E-state index in [1.54, 1.807) is 0 Å². The molecular weight excluding hydrogens is 186 g/mol. The Bertz CT molecular complexity index is 314. The molecule has 1 aromatic carbocycles. The van der Waals surface area contributed by atoms with Gasteiger partial charge in [0.1, 0.15) is 0 Å². The standard InChI is InChI=1S/C10H12ClNO/c11-8-2-1-7-3-4-12-6-10(13)9(7)5-8/h1-2,5,10,12-13H,3-4,6H2. The second kappa shape index (κ2) is 3.66. The van der Waals surface area contributed by atoms with Crippen molar-refractivity contribution in [1.82, 2.24) is 5.32 Å². The van der Waals surface area contributed by atoms with Crippen LogP contribution in [0.4, 0.5) is 0 Å². The molecule has 1 atom stereocenters. The minimum absolute atomic E-state index is 0.420. The lowest BCUT2D eigenvalue weighted by Crippen LogP contribution is -2.19. The molecule has 0 aliphatic carbocycles. The van der Waals surface area contributed by atoms with E-state index in [0.717, 1.165) is 18.5 Å². The molecule has 1 heterocycles. The SMILES string of the molecule is OC1CNCCc2ccc(Cl)cc21. The molecule has 2 rings (SSSR count). The predicted octanol–water partition coefficient (Wildman–Crippen LogP) is 1.52. The first-order valence-electron chi connectivity index (χ1n) is 4.44. The van der Waals surface area contributed by atoms with Gasteiger partial charge >= 0.3 is 0 Å². The molecule has 70 valence electrons. The summed E-state index contributed by atoms with van der Waals surface area (Å²) in [6.07, 6.45) is 0.542. The highest BCUT2D eigenvalue weighted by molar-refractivity contribution is 6.30. The van der Waals surface area contributed by atoms with Crippen molar-refractivity contribution in [3.63, 3.8) is 0 Å². The topological polar surface area (TPSA) is 32.3 Å². The van der Waals surface area contributed by atoms with E-state index in [9.17, 15) is 5.11 Å². The van der Waals surface area contributed by atoms with Crippen LogP contribution in [0.2, 0.25) is 5.02 Å². The van der Waals surface area contributed by atoms with Crippen molar-refractivity contribution in [1.29, 1.82) is 0 Å². The Morgan fingerprint density at radius 1 is 1.46 bits per heavy atom. The van der Waals surface area contributed by atoms with Crippen LogP contribution < -0.4 is 5.32 Å². The average Bonchev–Trinajstić information content (AvgIpc) is 2.29. The number of hydrogen-bond donors (Lipinski definition) is 2. The minimum Gasteiger partial charge on any atom is -0.387 e. The summed E-state index contributed by atoms with van der Waals surface area (Å²) in [5.74, 6) is 0. The van der Waals surface area contributed by atoms with Crippen molar-refractivity contribution in [3.05, 3.63) is 34.3 Å². The van der Waals surface area contributed by atoms with Gasteiger partial charge in [0.2, 0.25) is 0 Å². The smallest absolute Gasteiger partial charge is 0.0917 e. The maximum atomic E-state index is 9.74. The summed E-state index contributed by atoms with van der Waals surface area (Å²) in [7, 11) is 0. The molecule has 0 aromatic heterocycles. The van der Waals surface area contributed by atoms with Gasteiger partial charge in [0, 0.05) is 11.6 Å². The minimum atomic E-state index is -0.420. The number of aliphatic hydroxyl groups excluding tert-OH is 1. The molecule has 0 spiro atoms. The van der Waals surface area contributed by atoms with Crippen LogP contribution in [0.25, 0.3) is 0 Å². The van der Waals surface area contributed by atoms with Gasteiger partial charge in [0.05, 0.1) is 6.10 Å². The normalized spacial score (nSPS) is 22.2. The number of rotatable bonds is 0.